The lowest BCUT2D eigenvalue weighted by Gasteiger charge is -2.13. The van der Waals surface area contributed by atoms with Gasteiger partial charge in [-0.2, -0.15) is 4.31 Å². The van der Waals surface area contributed by atoms with Gasteiger partial charge in [-0.1, -0.05) is 23.7 Å². The van der Waals surface area contributed by atoms with E-state index in [-0.39, 0.29) is 12.3 Å². The summed E-state index contributed by atoms with van der Waals surface area (Å²) in [5, 5.41) is 3.45. The molecule has 3 rings (SSSR count). The fourth-order valence-electron chi connectivity index (χ4n) is 2.72. The Balaban J connectivity index is 1.58. The Labute approximate surface area is 156 Å². The van der Waals surface area contributed by atoms with E-state index in [9.17, 15) is 13.2 Å². The van der Waals surface area contributed by atoms with Gasteiger partial charge in [-0.05, 0) is 42.7 Å². The molecule has 5 nitrogen and oxygen atoms in total. The van der Waals surface area contributed by atoms with Crippen LogP contribution in [0.4, 0.5) is 0 Å². The summed E-state index contributed by atoms with van der Waals surface area (Å²) in [6.45, 7) is 1.55. The standard InChI is InChI=1S/C17H19ClN2O3S2/c18-14-5-3-4-13(10-14)12-19-16(21)11-15-6-7-17(24-15)25(22,23)20-8-1-2-9-20/h3-7,10H,1-2,8-9,11-12H2,(H,19,21). The van der Waals surface area contributed by atoms with Crippen molar-refractivity contribution in [3.05, 3.63) is 51.9 Å². The van der Waals surface area contributed by atoms with E-state index < -0.39 is 10.0 Å². The molecule has 0 saturated carbocycles. The Bertz CT molecular complexity index is 858. The van der Waals surface area contributed by atoms with Crippen LogP contribution in [0.1, 0.15) is 23.3 Å². The largest absolute Gasteiger partial charge is 0.352 e. The van der Waals surface area contributed by atoms with Crippen molar-refractivity contribution in [2.75, 3.05) is 13.1 Å². The van der Waals surface area contributed by atoms with Crippen molar-refractivity contribution in [1.29, 1.82) is 0 Å². The van der Waals surface area contributed by atoms with Crippen LogP contribution in [0.5, 0.6) is 0 Å². The van der Waals surface area contributed by atoms with Crippen LogP contribution in [0.2, 0.25) is 5.02 Å². The topological polar surface area (TPSA) is 66.5 Å². The minimum atomic E-state index is -3.41. The third kappa shape index (κ3) is 4.61. The van der Waals surface area contributed by atoms with E-state index in [0.29, 0.717) is 28.9 Å². The molecule has 0 aliphatic carbocycles. The van der Waals surface area contributed by atoms with E-state index in [1.807, 2.05) is 12.1 Å². The molecule has 134 valence electrons. The second kappa shape index (κ2) is 7.86. The van der Waals surface area contributed by atoms with Gasteiger partial charge in [-0.3, -0.25) is 4.79 Å². The predicted octanol–water partition coefficient (Wildman–Crippen LogP) is 3.04. The number of benzene rings is 1. The summed E-state index contributed by atoms with van der Waals surface area (Å²) < 4.78 is 26.8. The van der Waals surface area contributed by atoms with Crippen LogP contribution >= 0.6 is 22.9 Å². The molecule has 0 radical (unpaired) electrons. The highest BCUT2D eigenvalue weighted by atomic mass is 35.5. The number of nitrogens with zero attached hydrogens (tertiary/aromatic N) is 1. The zero-order valence-corrected chi connectivity index (χ0v) is 16.0. The first-order chi connectivity index (χ1) is 11.9. The molecule has 8 heteroatoms. The van der Waals surface area contributed by atoms with Gasteiger partial charge in [0, 0.05) is 29.5 Å². The number of hydrogen-bond donors (Lipinski definition) is 1. The first-order valence-electron chi connectivity index (χ1n) is 8.05. The van der Waals surface area contributed by atoms with Crippen LogP contribution in [0.25, 0.3) is 0 Å². The monoisotopic (exact) mass is 398 g/mol. The summed E-state index contributed by atoms with van der Waals surface area (Å²) in [4.78, 5) is 12.8. The van der Waals surface area contributed by atoms with Gasteiger partial charge in [0.1, 0.15) is 4.21 Å². The third-order valence-electron chi connectivity index (χ3n) is 4.01. The molecule has 1 fully saturated rings. The Hall–Kier alpha value is -1.41. The number of sulfonamides is 1. The Morgan fingerprint density at radius 3 is 2.68 bits per heavy atom. The number of thiophene rings is 1. The Kier molecular flexibility index (Phi) is 5.78. The van der Waals surface area contributed by atoms with Crippen LogP contribution < -0.4 is 5.32 Å². The molecule has 1 N–H and O–H groups in total. The Morgan fingerprint density at radius 1 is 1.20 bits per heavy atom. The molecule has 25 heavy (non-hydrogen) atoms. The molecule has 1 aliphatic heterocycles. The van der Waals surface area contributed by atoms with Gasteiger partial charge in [-0.15, -0.1) is 11.3 Å². The fourth-order valence-corrected chi connectivity index (χ4v) is 5.95. The van der Waals surface area contributed by atoms with Crippen molar-refractivity contribution in [3.8, 4) is 0 Å². The predicted molar refractivity (Wildman–Crippen MR) is 99.3 cm³/mol. The summed E-state index contributed by atoms with van der Waals surface area (Å²) >= 11 is 7.08. The third-order valence-corrected chi connectivity index (χ3v) is 7.70. The van der Waals surface area contributed by atoms with Gasteiger partial charge in [0.25, 0.3) is 10.0 Å². The van der Waals surface area contributed by atoms with Gasteiger partial charge < -0.3 is 5.32 Å². The highest BCUT2D eigenvalue weighted by molar-refractivity contribution is 7.91. The summed E-state index contributed by atoms with van der Waals surface area (Å²) in [7, 11) is -3.41. The summed E-state index contributed by atoms with van der Waals surface area (Å²) in [6.07, 6.45) is 1.98. The minimum absolute atomic E-state index is 0.146. The van der Waals surface area contributed by atoms with E-state index in [1.54, 1.807) is 24.3 Å². The molecule has 0 unspecified atom stereocenters. The molecular weight excluding hydrogens is 380 g/mol. The molecule has 1 aromatic carbocycles. The molecule has 1 amide bonds. The number of halogens is 1. The van der Waals surface area contributed by atoms with Crippen molar-refractivity contribution < 1.29 is 13.2 Å². The molecule has 1 aromatic heterocycles. The van der Waals surface area contributed by atoms with E-state index in [0.717, 1.165) is 23.3 Å². The highest BCUT2D eigenvalue weighted by Gasteiger charge is 2.28. The Morgan fingerprint density at radius 2 is 1.96 bits per heavy atom. The average molecular weight is 399 g/mol. The zero-order chi connectivity index (χ0) is 17.9. The van der Waals surface area contributed by atoms with Gasteiger partial charge in [0.15, 0.2) is 0 Å². The van der Waals surface area contributed by atoms with Crippen LogP contribution in [0, 0.1) is 0 Å². The maximum atomic E-state index is 12.5. The lowest BCUT2D eigenvalue weighted by molar-refractivity contribution is -0.120. The molecule has 1 aliphatic rings. The van der Waals surface area contributed by atoms with Gasteiger partial charge >= 0.3 is 0 Å². The lowest BCUT2D eigenvalue weighted by atomic mass is 10.2. The number of hydrogen-bond acceptors (Lipinski definition) is 4. The van der Waals surface area contributed by atoms with Gasteiger partial charge in [0.05, 0.1) is 6.42 Å². The first kappa shape index (κ1) is 18.4. The number of amides is 1. The maximum Gasteiger partial charge on any atom is 0.252 e. The average Bonchev–Trinajstić information content (AvgIpc) is 3.25. The van der Waals surface area contributed by atoms with Crippen molar-refractivity contribution in [3.63, 3.8) is 0 Å². The number of nitrogens with one attached hydrogen (secondary N) is 1. The van der Waals surface area contributed by atoms with Crippen LogP contribution in [-0.4, -0.2) is 31.7 Å². The van der Waals surface area contributed by atoms with Crippen molar-refractivity contribution in [2.45, 2.75) is 30.0 Å². The van der Waals surface area contributed by atoms with E-state index in [2.05, 4.69) is 5.32 Å². The van der Waals surface area contributed by atoms with Gasteiger partial charge in [-0.25, -0.2) is 8.42 Å². The zero-order valence-electron chi connectivity index (χ0n) is 13.6. The van der Waals surface area contributed by atoms with Crippen molar-refractivity contribution in [1.82, 2.24) is 9.62 Å². The molecular formula is C17H19ClN2O3S2. The molecule has 2 heterocycles. The van der Waals surface area contributed by atoms with Gasteiger partial charge in [0.2, 0.25) is 5.91 Å². The van der Waals surface area contributed by atoms with Crippen molar-refractivity contribution >= 4 is 38.9 Å². The van der Waals surface area contributed by atoms with E-state index in [4.69, 9.17) is 11.6 Å². The summed E-state index contributed by atoms with van der Waals surface area (Å²) in [6, 6.07) is 10.6. The van der Waals surface area contributed by atoms with E-state index >= 15 is 0 Å². The SMILES string of the molecule is O=C(Cc1ccc(S(=O)(=O)N2CCCC2)s1)NCc1cccc(Cl)c1. The normalized spacial score (nSPS) is 15.4. The van der Waals surface area contributed by atoms with Crippen LogP contribution in [0.15, 0.2) is 40.6 Å². The second-order valence-corrected chi connectivity index (χ2v) is 9.68. The number of carbonyl (C=O) groups excluding carboxylic acids is 1. The summed E-state index contributed by atoms with van der Waals surface area (Å²) in [5.74, 6) is -0.146. The van der Waals surface area contributed by atoms with Crippen LogP contribution in [-0.2, 0) is 27.8 Å². The summed E-state index contributed by atoms with van der Waals surface area (Å²) in [5.41, 5.74) is 0.921. The molecule has 2 aromatic rings. The van der Waals surface area contributed by atoms with E-state index in [1.165, 1.54) is 15.6 Å². The molecule has 0 atom stereocenters. The first-order valence-corrected chi connectivity index (χ1v) is 10.7. The lowest BCUT2D eigenvalue weighted by Crippen LogP contribution is -2.27. The highest BCUT2D eigenvalue weighted by Crippen LogP contribution is 2.27. The molecule has 1 saturated heterocycles. The van der Waals surface area contributed by atoms with Crippen molar-refractivity contribution in [2.24, 2.45) is 0 Å². The maximum absolute atomic E-state index is 12.5. The molecule has 0 bridgehead atoms. The number of rotatable bonds is 6. The number of carbonyl (C=O) groups is 1. The fraction of sp³-hybridized carbons (Fsp3) is 0.353. The smallest absolute Gasteiger partial charge is 0.252 e. The minimum Gasteiger partial charge on any atom is -0.352 e. The van der Waals surface area contributed by atoms with Crippen LogP contribution in [0.3, 0.4) is 0 Å². The molecule has 0 spiro atoms. The second-order valence-electron chi connectivity index (χ2n) is 5.92. The quantitative estimate of drug-likeness (QED) is 0.813.